The molecule has 1 fully saturated rings. The Labute approximate surface area is 189 Å². The van der Waals surface area contributed by atoms with E-state index in [9.17, 15) is 14.4 Å². The first-order valence-electron chi connectivity index (χ1n) is 10.6. The van der Waals surface area contributed by atoms with Crippen molar-refractivity contribution in [3.05, 3.63) is 64.7 Å². The molecule has 172 valence electrons. The van der Waals surface area contributed by atoms with E-state index in [0.29, 0.717) is 25.3 Å². The zero-order valence-corrected chi connectivity index (χ0v) is 18.4. The molecule has 0 saturated heterocycles. The first-order chi connectivity index (χ1) is 15.8. The number of anilines is 1. The lowest BCUT2D eigenvalue weighted by Crippen LogP contribution is -2.25. The van der Waals surface area contributed by atoms with Crippen molar-refractivity contribution in [2.75, 3.05) is 11.9 Å². The van der Waals surface area contributed by atoms with E-state index in [0.717, 1.165) is 11.1 Å². The molecule has 10 heteroatoms. The maximum absolute atomic E-state index is 12.4. The maximum Gasteiger partial charge on any atom is 0.302 e. The maximum atomic E-state index is 12.4. The molecule has 1 saturated carbocycles. The molecule has 33 heavy (non-hydrogen) atoms. The number of hydrogen-bond donors (Lipinski definition) is 2. The summed E-state index contributed by atoms with van der Waals surface area (Å²) in [6.07, 6.45) is 1.51. The van der Waals surface area contributed by atoms with Gasteiger partial charge in [0.25, 0.3) is 5.56 Å². The molecule has 0 aliphatic heterocycles. The van der Waals surface area contributed by atoms with E-state index in [4.69, 9.17) is 9.47 Å². The number of esters is 1. The van der Waals surface area contributed by atoms with Gasteiger partial charge >= 0.3 is 5.97 Å². The van der Waals surface area contributed by atoms with Gasteiger partial charge in [-0.3, -0.25) is 24.7 Å². The lowest BCUT2D eigenvalue weighted by atomic mass is 10.0. The summed E-state index contributed by atoms with van der Waals surface area (Å²) in [5, 5.41) is 2.49. The summed E-state index contributed by atoms with van der Waals surface area (Å²) in [5.41, 5.74) is 1.81. The number of fused-ring (bicyclic) bond motifs is 1. The van der Waals surface area contributed by atoms with Gasteiger partial charge < -0.3 is 14.0 Å². The second-order valence-corrected chi connectivity index (χ2v) is 8.00. The van der Waals surface area contributed by atoms with Gasteiger partial charge in [-0.2, -0.15) is 4.98 Å². The summed E-state index contributed by atoms with van der Waals surface area (Å²) < 4.78 is 13.2. The number of rotatable bonds is 7. The smallest absolute Gasteiger partial charge is 0.302 e. The van der Waals surface area contributed by atoms with Crippen molar-refractivity contribution in [3.8, 4) is 0 Å². The van der Waals surface area contributed by atoms with Gasteiger partial charge in [-0.05, 0) is 11.1 Å². The SMILES string of the molecule is C=C1[C@H](COCc2ccccc2)[C@@H](OC(C)=O)C[C@@H]1n1cnc2c(=O)[nH]c(NC(C)=O)nc21. The Hall–Kier alpha value is -3.79. The molecule has 3 aromatic rings. The number of hydrogen-bond acceptors (Lipinski definition) is 7. The fourth-order valence-electron chi connectivity index (χ4n) is 4.13. The molecular weight excluding hydrogens is 426 g/mol. The first-order valence-corrected chi connectivity index (χ1v) is 10.6. The van der Waals surface area contributed by atoms with Gasteiger partial charge in [-0.15, -0.1) is 0 Å². The lowest BCUT2D eigenvalue weighted by molar-refractivity contribution is -0.148. The highest BCUT2D eigenvalue weighted by molar-refractivity contribution is 5.87. The van der Waals surface area contributed by atoms with Crippen LogP contribution in [-0.2, 0) is 25.7 Å². The molecule has 10 nitrogen and oxygen atoms in total. The predicted octanol–water partition coefficient (Wildman–Crippen LogP) is 2.34. The Morgan fingerprint density at radius 1 is 1.27 bits per heavy atom. The minimum absolute atomic E-state index is 0.0321. The first kappa shape index (κ1) is 22.4. The largest absolute Gasteiger partial charge is 0.462 e. The van der Waals surface area contributed by atoms with Crippen molar-refractivity contribution in [1.29, 1.82) is 0 Å². The Kier molecular flexibility index (Phi) is 6.36. The van der Waals surface area contributed by atoms with Crippen LogP contribution in [0.25, 0.3) is 11.2 Å². The third kappa shape index (κ3) is 4.85. The Morgan fingerprint density at radius 2 is 2.03 bits per heavy atom. The van der Waals surface area contributed by atoms with Crippen LogP contribution in [0.3, 0.4) is 0 Å². The van der Waals surface area contributed by atoms with Crippen LogP contribution in [0.15, 0.2) is 53.6 Å². The van der Waals surface area contributed by atoms with Crippen LogP contribution in [-0.4, -0.2) is 44.1 Å². The zero-order valence-electron chi connectivity index (χ0n) is 18.4. The minimum atomic E-state index is -0.467. The van der Waals surface area contributed by atoms with Crippen LogP contribution in [0, 0.1) is 5.92 Å². The van der Waals surface area contributed by atoms with Gasteiger partial charge in [0.05, 0.1) is 25.6 Å². The van der Waals surface area contributed by atoms with Crippen molar-refractivity contribution in [2.24, 2.45) is 5.92 Å². The van der Waals surface area contributed by atoms with Crippen LogP contribution < -0.4 is 10.9 Å². The summed E-state index contributed by atoms with van der Waals surface area (Å²) in [6, 6.07) is 9.46. The van der Waals surface area contributed by atoms with Crippen LogP contribution in [0.2, 0.25) is 0 Å². The molecule has 0 bridgehead atoms. The van der Waals surface area contributed by atoms with E-state index >= 15 is 0 Å². The van der Waals surface area contributed by atoms with Crippen molar-refractivity contribution >= 4 is 29.0 Å². The van der Waals surface area contributed by atoms with E-state index in [-0.39, 0.29) is 35.3 Å². The zero-order chi connectivity index (χ0) is 23.5. The molecule has 1 amide bonds. The number of amides is 1. The molecule has 0 radical (unpaired) electrons. The summed E-state index contributed by atoms with van der Waals surface area (Å²) >= 11 is 0. The second-order valence-electron chi connectivity index (χ2n) is 8.00. The number of carbonyl (C=O) groups is 2. The van der Waals surface area contributed by atoms with E-state index < -0.39 is 11.7 Å². The fraction of sp³-hybridized carbons (Fsp3) is 0.348. The third-order valence-corrected chi connectivity index (χ3v) is 5.60. The number of aromatic amines is 1. The summed E-state index contributed by atoms with van der Waals surface area (Å²) in [5.74, 6) is -0.958. The molecule has 2 heterocycles. The molecular formula is C23H25N5O5. The highest BCUT2D eigenvalue weighted by Gasteiger charge is 2.41. The monoisotopic (exact) mass is 451 g/mol. The van der Waals surface area contributed by atoms with Crippen molar-refractivity contribution < 1.29 is 19.1 Å². The molecule has 1 aromatic carbocycles. The highest BCUT2D eigenvalue weighted by Crippen LogP contribution is 2.42. The number of aromatic nitrogens is 4. The topological polar surface area (TPSA) is 128 Å². The van der Waals surface area contributed by atoms with E-state index in [2.05, 4.69) is 26.8 Å². The lowest BCUT2D eigenvalue weighted by Gasteiger charge is -2.20. The standard InChI is InChI=1S/C23H25N5O5/c1-13-17(11-32-10-16-7-5-4-6-8-16)19(33-15(3)30)9-18(13)28-12-24-20-21(28)26-23(25-14(2)29)27-22(20)31/h4-8,12,17-19H,1,9-11H2,2-3H3,(H2,25,26,27,29,31)/t17-,18-,19-/m0/s1. The van der Waals surface area contributed by atoms with Crippen molar-refractivity contribution in [1.82, 2.24) is 19.5 Å². The van der Waals surface area contributed by atoms with Gasteiger partial charge in [-0.25, -0.2) is 4.98 Å². The predicted molar refractivity (Wildman–Crippen MR) is 120 cm³/mol. The molecule has 3 atom stereocenters. The average Bonchev–Trinajstić information content (AvgIpc) is 3.30. The number of carbonyl (C=O) groups excluding carboxylic acids is 2. The normalized spacial score (nSPS) is 20.2. The molecule has 2 N–H and O–H groups in total. The second kappa shape index (κ2) is 9.37. The van der Waals surface area contributed by atoms with E-state index in [1.165, 1.54) is 20.2 Å². The molecule has 0 spiro atoms. The van der Waals surface area contributed by atoms with Crippen LogP contribution in [0.5, 0.6) is 0 Å². The summed E-state index contributed by atoms with van der Waals surface area (Å²) in [7, 11) is 0. The Morgan fingerprint density at radius 3 is 2.73 bits per heavy atom. The molecule has 4 rings (SSSR count). The number of nitrogens with zero attached hydrogens (tertiary/aromatic N) is 3. The Balaban J connectivity index is 1.59. The van der Waals surface area contributed by atoms with Crippen molar-refractivity contribution in [2.45, 2.75) is 39.0 Å². The van der Waals surface area contributed by atoms with Gasteiger partial charge in [0.15, 0.2) is 11.2 Å². The number of ether oxygens (including phenoxy) is 2. The third-order valence-electron chi connectivity index (χ3n) is 5.60. The number of H-pyrrole nitrogens is 1. The molecule has 1 aliphatic rings. The number of nitrogens with one attached hydrogen (secondary N) is 2. The van der Waals surface area contributed by atoms with Crippen LogP contribution >= 0.6 is 0 Å². The quantitative estimate of drug-likeness (QED) is 0.417. The number of imidazole rings is 1. The number of benzene rings is 1. The van der Waals surface area contributed by atoms with Gasteiger partial charge in [0.2, 0.25) is 11.9 Å². The van der Waals surface area contributed by atoms with Crippen LogP contribution in [0.1, 0.15) is 31.9 Å². The van der Waals surface area contributed by atoms with Crippen molar-refractivity contribution in [3.63, 3.8) is 0 Å². The van der Waals surface area contributed by atoms with Gasteiger partial charge in [0, 0.05) is 26.2 Å². The van der Waals surface area contributed by atoms with Gasteiger partial charge in [0.1, 0.15) is 6.10 Å². The average molecular weight is 451 g/mol. The molecule has 2 aromatic heterocycles. The highest BCUT2D eigenvalue weighted by atomic mass is 16.5. The Bertz CT molecular complexity index is 1250. The molecule has 1 aliphatic carbocycles. The van der Waals surface area contributed by atoms with E-state index in [1.54, 1.807) is 4.57 Å². The van der Waals surface area contributed by atoms with Gasteiger partial charge in [-0.1, -0.05) is 36.9 Å². The summed E-state index contributed by atoms with van der Waals surface area (Å²) in [4.78, 5) is 46.6. The van der Waals surface area contributed by atoms with E-state index in [1.807, 2.05) is 30.3 Å². The molecule has 0 unspecified atom stereocenters. The summed E-state index contributed by atoms with van der Waals surface area (Å²) in [6.45, 7) is 7.69. The van der Waals surface area contributed by atoms with Crippen LogP contribution in [0.4, 0.5) is 5.95 Å². The fourth-order valence-corrected chi connectivity index (χ4v) is 4.13. The minimum Gasteiger partial charge on any atom is -0.462 e.